The summed E-state index contributed by atoms with van der Waals surface area (Å²) in [5.74, 6) is 4.26. The number of aliphatic hydroxyl groups is 2. The van der Waals surface area contributed by atoms with Crippen LogP contribution < -0.4 is 0 Å². The van der Waals surface area contributed by atoms with Crippen molar-refractivity contribution >= 4 is 27.4 Å². The summed E-state index contributed by atoms with van der Waals surface area (Å²) in [4.78, 5) is 12.6. The van der Waals surface area contributed by atoms with Gasteiger partial charge in [0, 0.05) is 28.8 Å². The first kappa shape index (κ1) is 19.4. The lowest BCUT2D eigenvalue weighted by Gasteiger charge is -2.57. The third kappa shape index (κ3) is 3.01. The molecule has 0 aromatic heterocycles. The van der Waals surface area contributed by atoms with Gasteiger partial charge < -0.3 is 10.2 Å². The van der Waals surface area contributed by atoms with Gasteiger partial charge in [-0.2, -0.15) is 0 Å². The van der Waals surface area contributed by atoms with E-state index in [-0.39, 0.29) is 23.5 Å². The lowest BCUT2D eigenvalue weighted by molar-refractivity contribution is -0.131. The topological polar surface area (TPSA) is 57.5 Å². The third-order valence-corrected chi connectivity index (χ3v) is 10.6. The maximum absolute atomic E-state index is 12.6. The molecule has 1 unspecified atom stereocenters. The smallest absolute Gasteiger partial charge is 0.139 e. The molecule has 2 N–H and O–H groups in total. The minimum Gasteiger partial charge on any atom is -0.395 e. The van der Waals surface area contributed by atoms with Crippen LogP contribution in [-0.4, -0.2) is 40.2 Å². The predicted octanol–water partition coefficient (Wildman–Crippen LogP) is 4.23. The number of carbonyl (C=O) groups is 1. The summed E-state index contributed by atoms with van der Waals surface area (Å²) in [5, 5.41) is 19.4. The molecule has 0 bridgehead atoms. The van der Waals surface area contributed by atoms with E-state index in [1.807, 2.05) is 10.8 Å². The van der Waals surface area contributed by atoms with Crippen molar-refractivity contribution in [3.8, 4) is 0 Å². The Balaban J connectivity index is 1.62. The van der Waals surface area contributed by atoms with Crippen LogP contribution in [0.3, 0.4) is 0 Å². The molecule has 0 aromatic carbocycles. The molecular formula is C21H32O3S2. The molecule has 4 rings (SSSR count). The van der Waals surface area contributed by atoms with Crippen molar-refractivity contribution in [1.29, 1.82) is 0 Å². The average molecular weight is 397 g/mol. The van der Waals surface area contributed by atoms with Gasteiger partial charge >= 0.3 is 0 Å². The first-order valence-electron chi connectivity index (χ1n) is 10.3. The molecule has 26 heavy (non-hydrogen) atoms. The van der Waals surface area contributed by atoms with Gasteiger partial charge in [0.15, 0.2) is 0 Å². The zero-order valence-electron chi connectivity index (χ0n) is 15.8. The summed E-state index contributed by atoms with van der Waals surface area (Å²) >= 11 is 0. The van der Waals surface area contributed by atoms with E-state index in [0.717, 1.165) is 56.5 Å². The summed E-state index contributed by atoms with van der Waals surface area (Å²) in [6, 6.07) is 0. The first-order valence-corrected chi connectivity index (χ1v) is 12.8. The summed E-state index contributed by atoms with van der Waals surface area (Å²) in [6.07, 6.45) is 10.3. The van der Waals surface area contributed by atoms with Crippen LogP contribution in [0.5, 0.6) is 0 Å². The van der Waals surface area contributed by atoms with Crippen LogP contribution in [0.4, 0.5) is 0 Å². The highest BCUT2D eigenvalue weighted by molar-refractivity contribution is 8.76. The van der Waals surface area contributed by atoms with E-state index in [9.17, 15) is 9.90 Å². The number of aliphatic hydroxyl groups excluding tert-OH is 2. The maximum atomic E-state index is 12.6. The number of carbonyl (C=O) groups excluding carboxylic acids is 1. The second-order valence-corrected chi connectivity index (χ2v) is 11.7. The van der Waals surface area contributed by atoms with Crippen molar-refractivity contribution in [2.45, 2.75) is 64.4 Å². The van der Waals surface area contributed by atoms with Crippen molar-refractivity contribution in [3.05, 3.63) is 11.6 Å². The number of ketones is 1. The molecule has 0 aliphatic heterocycles. The van der Waals surface area contributed by atoms with E-state index < -0.39 is 0 Å². The van der Waals surface area contributed by atoms with Gasteiger partial charge in [0.05, 0.1) is 12.7 Å². The molecule has 0 radical (unpaired) electrons. The standard InChI is InChI=1S/C21H32O3S2/c1-20-8-7-18-16(17(20)4-5-19(20)24)3-2-14-12-15(23)6-9-21(14,18)13-26-25-11-10-22/h2,15-18,22-23H,3-13H2,1H3/t15?,16-,17-,18-,20-,21+/m0/s1. The molecule has 3 fully saturated rings. The quantitative estimate of drug-likeness (QED) is 0.414. The van der Waals surface area contributed by atoms with Crippen LogP contribution in [-0.2, 0) is 4.79 Å². The second kappa shape index (κ2) is 7.46. The van der Waals surface area contributed by atoms with E-state index in [0.29, 0.717) is 23.5 Å². The van der Waals surface area contributed by atoms with Gasteiger partial charge in [-0.25, -0.2) is 0 Å². The molecule has 146 valence electrons. The van der Waals surface area contributed by atoms with Gasteiger partial charge in [0.25, 0.3) is 0 Å². The van der Waals surface area contributed by atoms with Crippen molar-refractivity contribution in [3.63, 3.8) is 0 Å². The number of hydrogen-bond donors (Lipinski definition) is 2. The minimum atomic E-state index is -0.178. The van der Waals surface area contributed by atoms with Crippen LogP contribution in [0.2, 0.25) is 0 Å². The molecule has 0 aromatic rings. The monoisotopic (exact) mass is 396 g/mol. The molecule has 3 saturated carbocycles. The average Bonchev–Trinajstić information content (AvgIpc) is 2.94. The van der Waals surface area contributed by atoms with Gasteiger partial charge in [-0.3, -0.25) is 4.79 Å². The first-order chi connectivity index (χ1) is 12.5. The molecular weight excluding hydrogens is 364 g/mol. The Morgan fingerprint density at radius 2 is 2.04 bits per heavy atom. The highest BCUT2D eigenvalue weighted by atomic mass is 33.1. The predicted molar refractivity (Wildman–Crippen MR) is 109 cm³/mol. The lowest BCUT2D eigenvalue weighted by atomic mass is 9.48. The molecule has 4 aliphatic carbocycles. The van der Waals surface area contributed by atoms with Crippen LogP contribution in [0.1, 0.15) is 58.3 Å². The Hall–Kier alpha value is 0.0300. The summed E-state index contributed by atoms with van der Waals surface area (Å²) in [6.45, 7) is 2.48. The van der Waals surface area contributed by atoms with Crippen molar-refractivity contribution in [2.24, 2.45) is 28.6 Å². The zero-order valence-corrected chi connectivity index (χ0v) is 17.4. The van der Waals surface area contributed by atoms with Crippen LogP contribution in [0, 0.1) is 28.6 Å². The van der Waals surface area contributed by atoms with Crippen LogP contribution >= 0.6 is 21.6 Å². The van der Waals surface area contributed by atoms with Crippen molar-refractivity contribution in [2.75, 3.05) is 18.1 Å². The van der Waals surface area contributed by atoms with Gasteiger partial charge in [0.1, 0.15) is 5.78 Å². The minimum absolute atomic E-state index is 0.0688. The fourth-order valence-corrected chi connectivity index (χ4v) is 9.21. The van der Waals surface area contributed by atoms with Gasteiger partial charge in [-0.05, 0) is 62.7 Å². The summed E-state index contributed by atoms with van der Waals surface area (Å²) in [5.41, 5.74) is 1.64. The van der Waals surface area contributed by atoms with Crippen molar-refractivity contribution < 1.29 is 15.0 Å². The number of rotatable bonds is 5. The Morgan fingerprint density at radius 1 is 1.19 bits per heavy atom. The van der Waals surface area contributed by atoms with E-state index in [1.165, 1.54) is 12.0 Å². The van der Waals surface area contributed by atoms with E-state index in [2.05, 4.69) is 13.0 Å². The lowest BCUT2D eigenvalue weighted by Crippen LogP contribution is -2.52. The van der Waals surface area contributed by atoms with Gasteiger partial charge in [-0.15, -0.1) is 0 Å². The Bertz CT molecular complexity index is 592. The highest BCUT2D eigenvalue weighted by Gasteiger charge is 2.59. The largest absolute Gasteiger partial charge is 0.395 e. The zero-order chi connectivity index (χ0) is 18.4. The SMILES string of the molecule is C[C@]12CC[C@H]3[C@@H](CC=C4CC(O)CC[C@@]43CSSCCO)[C@@H]1CCC2=O. The fourth-order valence-electron chi connectivity index (χ4n) is 6.72. The van der Waals surface area contributed by atoms with Crippen LogP contribution in [0.15, 0.2) is 11.6 Å². The summed E-state index contributed by atoms with van der Waals surface area (Å²) in [7, 11) is 3.69. The normalized spacial score (nSPS) is 44.9. The molecule has 5 heteroatoms. The molecule has 6 atom stereocenters. The molecule has 0 amide bonds. The Kier molecular flexibility index (Phi) is 5.55. The van der Waals surface area contributed by atoms with E-state index in [4.69, 9.17) is 5.11 Å². The summed E-state index contributed by atoms with van der Waals surface area (Å²) < 4.78 is 0. The number of Topliss-reactive ketones (excluding diaryl/α,β-unsaturated/α-hetero) is 1. The fraction of sp³-hybridized carbons (Fsp3) is 0.857. The second-order valence-electron chi connectivity index (χ2n) is 9.12. The number of hydrogen-bond acceptors (Lipinski definition) is 5. The Labute approximate surface area is 165 Å². The van der Waals surface area contributed by atoms with Crippen LogP contribution in [0.25, 0.3) is 0 Å². The molecule has 4 aliphatic rings. The van der Waals surface area contributed by atoms with E-state index >= 15 is 0 Å². The van der Waals surface area contributed by atoms with Gasteiger partial charge in [0.2, 0.25) is 0 Å². The van der Waals surface area contributed by atoms with Gasteiger partial charge in [-0.1, -0.05) is 40.2 Å². The van der Waals surface area contributed by atoms with Crippen molar-refractivity contribution in [1.82, 2.24) is 0 Å². The third-order valence-electron chi connectivity index (χ3n) is 8.09. The maximum Gasteiger partial charge on any atom is 0.139 e. The van der Waals surface area contributed by atoms with E-state index in [1.54, 1.807) is 10.8 Å². The highest BCUT2D eigenvalue weighted by Crippen LogP contribution is 2.65. The molecule has 0 saturated heterocycles. The number of allylic oxidation sites excluding steroid dienone is 1. The molecule has 0 spiro atoms. The molecule has 3 nitrogen and oxygen atoms in total. The molecule has 0 heterocycles. The Morgan fingerprint density at radius 3 is 2.85 bits per heavy atom. The number of fused-ring (bicyclic) bond motifs is 5.